The predicted molar refractivity (Wildman–Crippen MR) is 86.7 cm³/mol. The number of hydrogen-bond donors (Lipinski definition) is 2. The van der Waals surface area contributed by atoms with Crippen LogP contribution in [0, 0.1) is 0 Å². The molecule has 116 valence electrons. The van der Waals surface area contributed by atoms with Gasteiger partial charge in [-0.2, -0.15) is 0 Å². The summed E-state index contributed by atoms with van der Waals surface area (Å²) < 4.78 is 7.25. The van der Waals surface area contributed by atoms with Gasteiger partial charge in [-0.25, -0.2) is 4.98 Å². The van der Waals surface area contributed by atoms with Crippen LogP contribution in [-0.2, 0) is 13.0 Å². The largest absolute Gasteiger partial charge is 0.497 e. The third-order valence-electron chi connectivity index (χ3n) is 4.08. The second kappa shape index (κ2) is 5.31. The highest BCUT2D eigenvalue weighted by molar-refractivity contribution is 6.08. The van der Waals surface area contributed by atoms with Gasteiger partial charge in [-0.3, -0.25) is 4.79 Å². The van der Waals surface area contributed by atoms with Crippen LogP contribution in [0.3, 0.4) is 0 Å². The fraction of sp³-hybridized carbons (Fsp3) is 0.176. The molecule has 3 heterocycles. The van der Waals surface area contributed by atoms with Crippen molar-refractivity contribution in [2.75, 3.05) is 12.4 Å². The molecule has 6 heteroatoms. The number of carbonyl (C=O) groups excluding carboxylic acids is 1. The first-order chi connectivity index (χ1) is 11.3. The van der Waals surface area contributed by atoms with Crippen molar-refractivity contribution in [3.8, 4) is 17.1 Å². The standard InChI is InChI=1S/C17H16N4O2/c1-23-12-4-2-3-11(9-12)20-17(22)13-10-19-14-5-7-21-8-6-18-16(21)15(13)14/h2-4,6,8-10,19H,5,7H2,1H3,(H,20,22). The molecule has 3 aromatic rings. The number of fused-ring (bicyclic) bond motifs is 3. The first kappa shape index (κ1) is 13.6. The van der Waals surface area contributed by atoms with Crippen LogP contribution in [0.15, 0.2) is 42.9 Å². The van der Waals surface area contributed by atoms with Crippen LogP contribution in [0.5, 0.6) is 5.75 Å². The van der Waals surface area contributed by atoms with E-state index in [1.807, 2.05) is 24.4 Å². The van der Waals surface area contributed by atoms with E-state index in [1.54, 1.807) is 25.6 Å². The Balaban J connectivity index is 1.67. The van der Waals surface area contributed by atoms with E-state index in [1.165, 1.54) is 0 Å². The molecule has 0 fully saturated rings. The number of nitrogens with one attached hydrogen (secondary N) is 2. The van der Waals surface area contributed by atoms with E-state index < -0.39 is 0 Å². The summed E-state index contributed by atoms with van der Waals surface area (Å²) in [6, 6.07) is 7.30. The highest BCUT2D eigenvalue weighted by Crippen LogP contribution is 2.31. The van der Waals surface area contributed by atoms with Gasteiger partial charge in [-0.15, -0.1) is 0 Å². The molecule has 0 atom stereocenters. The molecule has 6 nitrogen and oxygen atoms in total. The SMILES string of the molecule is COc1cccc(NC(=O)c2c[nH]c3c2-c2nccn2CC3)c1. The summed E-state index contributed by atoms with van der Waals surface area (Å²) in [6.07, 6.45) is 6.33. The maximum Gasteiger partial charge on any atom is 0.257 e. The maximum atomic E-state index is 12.7. The number of imidazole rings is 1. The number of benzene rings is 1. The Hall–Kier alpha value is -3.02. The van der Waals surface area contributed by atoms with Crippen LogP contribution in [0.25, 0.3) is 11.4 Å². The topological polar surface area (TPSA) is 71.9 Å². The highest BCUT2D eigenvalue weighted by Gasteiger charge is 2.25. The van der Waals surface area contributed by atoms with Crippen molar-refractivity contribution in [2.45, 2.75) is 13.0 Å². The molecular formula is C17H16N4O2. The van der Waals surface area contributed by atoms with E-state index in [0.29, 0.717) is 17.0 Å². The van der Waals surface area contributed by atoms with Gasteiger partial charge in [-0.1, -0.05) is 6.07 Å². The summed E-state index contributed by atoms with van der Waals surface area (Å²) in [5.41, 5.74) is 3.25. The lowest BCUT2D eigenvalue weighted by atomic mass is 10.0. The van der Waals surface area contributed by atoms with Crippen molar-refractivity contribution >= 4 is 11.6 Å². The second-order valence-corrected chi connectivity index (χ2v) is 5.44. The number of carbonyl (C=O) groups is 1. The number of nitrogens with zero attached hydrogens (tertiary/aromatic N) is 2. The van der Waals surface area contributed by atoms with Gasteiger partial charge in [0.15, 0.2) is 0 Å². The number of methoxy groups -OCH3 is 1. The Labute approximate surface area is 133 Å². The van der Waals surface area contributed by atoms with Crippen molar-refractivity contribution in [3.63, 3.8) is 0 Å². The smallest absolute Gasteiger partial charge is 0.257 e. The Bertz CT molecular complexity index is 878. The van der Waals surface area contributed by atoms with Gasteiger partial charge in [0, 0.05) is 49.0 Å². The molecule has 2 aromatic heterocycles. The van der Waals surface area contributed by atoms with Gasteiger partial charge >= 0.3 is 0 Å². The molecule has 0 radical (unpaired) electrons. The lowest BCUT2D eigenvalue weighted by molar-refractivity contribution is 0.102. The number of rotatable bonds is 3. The van der Waals surface area contributed by atoms with Gasteiger partial charge in [0.2, 0.25) is 0 Å². The van der Waals surface area contributed by atoms with E-state index in [2.05, 4.69) is 19.9 Å². The molecular weight excluding hydrogens is 292 g/mol. The van der Waals surface area contributed by atoms with Crippen molar-refractivity contribution < 1.29 is 9.53 Å². The summed E-state index contributed by atoms with van der Waals surface area (Å²) in [6.45, 7) is 0.875. The molecule has 0 saturated carbocycles. The van der Waals surface area contributed by atoms with E-state index in [4.69, 9.17) is 4.74 Å². The third-order valence-corrected chi connectivity index (χ3v) is 4.08. The van der Waals surface area contributed by atoms with Crippen LogP contribution in [0.2, 0.25) is 0 Å². The first-order valence-electron chi connectivity index (χ1n) is 7.43. The minimum Gasteiger partial charge on any atom is -0.497 e. The Morgan fingerprint density at radius 2 is 2.35 bits per heavy atom. The molecule has 1 amide bonds. The minimum absolute atomic E-state index is 0.160. The molecule has 0 unspecified atom stereocenters. The summed E-state index contributed by atoms with van der Waals surface area (Å²) in [5.74, 6) is 1.38. The summed E-state index contributed by atoms with van der Waals surface area (Å²) >= 11 is 0. The van der Waals surface area contributed by atoms with Gasteiger partial charge in [-0.05, 0) is 12.1 Å². The lowest BCUT2D eigenvalue weighted by Crippen LogP contribution is -2.15. The number of anilines is 1. The van der Waals surface area contributed by atoms with E-state index >= 15 is 0 Å². The molecule has 0 aliphatic carbocycles. The number of H-pyrrole nitrogens is 1. The van der Waals surface area contributed by atoms with Crippen molar-refractivity contribution in [2.24, 2.45) is 0 Å². The lowest BCUT2D eigenvalue weighted by Gasteiger charge is -2.15. The monoisotopic (exact) mass is 308 g/mol. The molecule has 0 spiro atoms. The molecule has 0 saturated heterocycles. The Morgan fingerprint density at radius 3 is 3.22 bits per heavy atom. The van der Waals surface area contributed by atoms with Gasteiger partial charge in [0.1, 0.15) is 11.6 Å². The number of ether oxygens (including phenoxy) is 1. The molecule has 1 aliphatic heterocycles. The van der Waals surface area contributed by atoms with Gasteiger partial charge in [0.05, 0.1) is 18.2 Å². The predicted octanol–water partition coefficient (Wildman–Crippen LogP) is 2.70. The number of amides is 1. The zero-order valence-corrected chi connectivity index (χ0v) is 12.7. The van der Waals surface area contributed by atoms with Crippen molar-refractivity contribution in [3.05, 3.63) is 54.1 Å². The summed E-state index contributed by atoms with van der Waals surface area (Å²) in [7, 11) is 1.60. The zero-order valence-electron chi connectivity index (χ0n) is 12.7. The van der Waals surface area contributed by atoms with Crippen LogP contribution in [-0.4, -0.2) is 27.6 Å². The summed E-state index contributed by atoms with van der Waals surface area (Å²) in [4.78, 5) is 20.3. The van der Waals surface area contributed by atoms with E-state index in [0.717, 1.165) is 30.0 Å². The fourth-order valence-corrected chi connectivity index (χ4v) is 2.95. The van der Waals surface area contributed by atoms with Crippen LogP contribution < -0.4 is 10.1 Å². The number of aromatic nitrogens is 3. The summed E-state index contributed by atoms with van der Waals surface area (Å²) in [5, 5.41) is 2.92. The molecule has 1 aromatic carbocycles. The molecule has 23 heavy (non-hydrogen) atoms. The molecule has 2 N–H and O–H groups in total. The van der Waals surface area contributed by atoms with Crippen LogP contribution in [0.4, 0.5) is 5.69 Å². The molecule has 1 aliphatic rings. The second-order valence-electron chi connectivity index (χ2n) is 5.44. The average molecular weight is 308 g/mol. The number of hydrogen-bond acceptors (Lipinski definition) is 3. The Kier molecular flexibility index (Phi) is 3.15. The van der Waals surface area contributed by atoms with Crippen LogP contribution >= 0.6 is 0 Å². The third kappa shape index (κ3) is 2.28. The minimum atomic E-state index is -0.160. The maximum absolute atomic E-state index is 12.7. The van der Waals surface area contributed by atoms with Gasteiger partial charge < -0.3 is 19.6 Å². The zero-order chi connectivity index (χ0) is 15.8. The number of aryl methyl sites for hydroxylation is 2. The van der Waals surface area contributed by atoms with Crippen LogP contribution in [0.1, 0.15) is 16.1 Å². The number of aromatic amines is 1. The first-order valence-corrected chi connectivity index (χ1v) is 7.43. The van der Waals surface area contributed by atoms with Crippen molar-refractivity contribution in [1.82, 2.24) is 14.5 Å². The Morgan fingerprint density at radius 1 is 1.43 bits per heavy atom. The normalized spacial score (nSPS) is 12.4. The fourth-order valence-electron chi connectivity index (χ4n) is 2.95. The van der Waals surface area contributed by atoms with E-state index in [9.17, 15) is 4.79 Å². The van der Waals surface area contributed by atoms with E-state index in [-0.39, 0.29) is 5.91 Å². The average Bonchev–Trinajstić information content (AvgIpc) is 3.20. The quantitative estimate of drug-likeness (QED) is 0.781. The van der Waals surface area contributed by atoms with Crippen molar-refractivity contribution in [1.29, 1.82) is 0 Å². The molecule has 0 bridgehead atoms. The molecule has 4 rings (SSSR count). The highest BCUT2D eigenvalue weighted by atomic mass is 16.5. The van der Waals surface area contributed by atoms with Gasteiger partial charge in [0.25, 0.3) is 5.91 Å².